The lowest BCUT2D eigenvalue weighted by molar-refractivity contribution is 0.109. The molecule has 19 heavy (non-hydrogen) atoms. The zero-order chi connectivity index (χ0) is 13.8. The molecule has 1 atom stereocenters. The van der Waals surface area contributed by atoms with Crippen molar-refractivity contribution in [2.75, 3.05) is 6.54 Å². The van der Waals surface area contributed by atoms with Gasteiger partial charge in [-0.3, -0.25) is 4.90 Å². The number of aryl methyl sites for hydroxylation is 1. The third-order valence-electron chi connectivity index (χ3n) is 4.47. The lowest BCUT2D eigenvalue weighted by atomic mass is 9.89. The molecule has 108 valence electrons. The maximum absolute atomic E-state index is 6.05. The molecule has 0 spiro atoms. The van der Waals surface area contributed by atoms with Gasteiger partial charge in [-0.2, -0.15) is 0 Å². The molecule has 1 saturated carbocycles. The summed E-state index contributed by atoms with van der Waals surface area (Å²) in [5, 5.41) is 2.22. The molecule has 1 unspecified atom stereocenters. The molecule has 1 fully saturated rings. The predicted molar refractivity (Wildman–Crippen MR) is 84.7 cm³/mol. The number of hydrogen-bond acceptors (Lipinski definition) is 3. The lowest BCUT2D eigenvalue weighted by Crippen LogP contribution is -2.42. The van der Waals surface area contributed by atoms with Gasteiger partial charge >= 0.3 is 0 Å². The first-order chi connectivity index (χ1) is 9.13. The van der Waals surface area contributed by atoms with E-state index in [9.17, 15) is 0 Å². The summed E-state index contributed by atoms with van der Waals surface area (Å²) in [6.07, 6.45) is 6.17. The Morgan fingerprint density at radius 1 is 1.37 bits per heavy atom. The highest BCUT2D eigenvalue weighted by atomic mass is 32.1. The summed E-state index contributed by atoms with van der Waals surface area (Å²) in [4.78, 5) is 4.27. The molecule has 1 aromatic heterocycles. The average molecular weight is 280 g/mol. The fourth-order valence-corrected chi connectivity index (χ4v) is 4.35. The number of thiophene rings is 1. The van der Waals surface area contributed by atoms with Crippen molar-refractivity contribution < 1.29 is 0 Å². The smallest absolute Gasteiger partial charge is 0.0418 e. The van der Waals surface area contributed by atoms with Crippen LogP contribution in [-0.2, 0) is 0 Å². The Hall–Kier alpha value is -0.380. The van der Waals surface area contributed by atoms with Crippen molar-refractivity contribution in [3.05, 3.63) is 21.9 Å². The van der Waals surface area contributed by atoms with E-state index in [1.165, 1.54) is 44.2 Å². The summed E-state index contributed by atoms with van der Waals surface area (Å²) >= 11 is 1.91. The van der Waals surface area contributed by atoms with Gasteiger partial charge in [0.1, 0.15) is 0 Å². The predicted octanol–water partition coefficient (Wildman–Crippen LogP) is 4.10. The van der Waals surface area contributed by atoms with Crippen molar-refractivity contribution in [1.82, 2.24) is 4.90 Å². The number of rotatable bonds is 5. The quantitative estimate of drug-likeness (QED) is 0.880. The van der Waals surface area contributed by atoms with E-state index >= 15 is 0 Å². The summed E-state index contributed by atoms with van der Waals surface area (Å²) in [6.45, 7) is 8.11. The van der Waals surface area contributed by atoms with Crippen LogP contribution in [0.15, 0.2) is 11.4 Å². The summed E-state index contributed by atoms with van der Waals surface area (Å²) in [5.41, 5.74) is 7.50. The van der Waals surface area contributed by atoms with E-state index in [2.05, 4.69) is 37.1 Å². The molecule has 0 aromatic carbocycles. The summed E-state index contributed by atoms with van der Waals surface area (Å²) in [5.74, 6) is 0. The van der Waals surface area contributed by atoms with Crippen LogP contribution in [0.1, 0.15) is 62.4 Å². The van der Waals surface area contributed by atoms with Gasteiger partial charge in [-0.1, -0.05) is 6.92 Å². The van der Waals surface area contributed by atoms with Crippen LogP contribution in [0.2, 0.25) is 0 Å². The van der Waals surface area contributed by atoms with Crippen LogP contribution in [0.25, 0.3) is 0 Å². The third kappa shape index (κ3) is 3.59. The first-order valence-corrected chi connectivity index (χ1v) is 8.56. The molecule has 1 aliphatic rings. The normalized spacial score (nSPS) is 25.7. The second kappa shape index (κ2) is 6.87. The Kier molecular flexibility index (Phi) is 5.43. The molecule has 0 bridgehead atoms. The van der Waals surface area contributed by atoms with Gasteiger partial charge in [-0.15, -0.1) is 11.3 Å². The molecule has 0 amide bonds. The van der Waals surface area contributed by atoms with E-state index < -0.39 is 0 Å². The SMILES string of the molecule is CCCN(C1CCC(N)CC1)C(C)c1sccc1C. The summed E-state index contributed by atoms with van der Waals surface area (Å²) in [6, 6.07) is 3.98. The standard InChI is InChI=1S/C16H28N2S/c1-4-10-18(15-7-5-14(17)6-8-15)13(3)16-12(2)9-11-19-16/h9,11,13-15H,4-8,10,17H2,1-3H3. The molecule has 2 rings (SSSR count). The third-order valence-corrected chi connectivity index (χ3v) is 5.66. The fourth-order valence-electron chi connectivity index (χ4n) is 3.35. The van der Waals surface area contributed by atoms with Crippen LogP contribution in [0.5, 0.6) is 0 Å². The average Bonchev–Trinajstić information content (AvgIpc) is 2.83. The molecule has 0 saturated heterocycles. The minimum absolute atomic E-state index is 0.443. The van der Waals surface area contributed by atoms with E-state index in [0.717, 1.165) is 6.04 Å². The van der Waals surface area contributed by atoms with Crippen LogP contribution >= 0.6 is 11.3 Å². The fraction of sp³-hybridized carbons (Fsp3) is 0.750. The van der Waals surface area contributed by atoms with E-state index in [4.69, 9.17) is 5.73 Å². The Balaban J connectivity index is 2.09. The molecule has 1 aliphatic carbocycles. The highest BCUT2D eigenvalue weighted by molar-refractivity contribution is 7.10. The zero-order valence-electron chi connectivity index (χ0n) is 12.6. The lowest BCUT2D eigenvalue weighted by Gasteiger charge is -2.39. The monoisotopic (exact) mass is 280 g/mol. The Morgan fingerprint density at radius 2 is 2.05 bits per heavy atom. The highest BCUT2D eigenvalue weighted by Crippen LogP contribution is 2.33. The Bertz CT molecular complexity index is 380. The molecule has 1 heterocycles. The van der Waals surface area contributed by atoms with Gasteiger partial charge in [0.2, 0.25) is 0 Å². The minimum atomic E-state index is 0.443. The van der Waals surface area contributed by atoms with Gasteiger partial charge in [-0.25, -0.2) is 0 Å². The minimum Gasteiger partial charge on any atom is -0.328 e. The van der Waals surface area contributed by atoms with Crippen molar-refractivity contribution in [2.45, 2.75) is 71.0 Å². The first kappa shape index (κ1) is 15.0. The molecular formula is C16H28N2S. The number of nitrogens with zero attached hydrogens (tertiary/aromatic N) is 1. The maximum atomic E-state index is 6.05. The van der Waals surface area contributed by atoms with E-state index in [0.29, 0.717) is 12.1 Å². The van der Waals surface area contributed by atoms with Crippen LogP contribution in [0, 0.1) is 6.92 Å². The Labute approximate surface area is 122 Å². The number of hydrogen-bond donors (Lipinski definition) is 1. The molecule has 0 aliphatic heterocycles. The number of nitrogens with two attached hydrogens (primary N) is 1. The van der Waals surface area contributed by atoms with Crippen molar-refractivity contribution in [2.24, 2.45) is 5.73 Å². The van der Waals surface area contributed by atoms with Gasteiger partial charge in [0, 0.05) is 23.0 Å². The van der Waals surface area contributed by atoms with Gasteiger partial charge in [0.05, 0.1) is 0 Å². The van der Waals surface area contributed by atoms with Gasteiger partial charge in [0.15, 0.2) is 0 Å². The van der Waals surface area contributed by atoms with Crippen molar-refractivity contribution >= 4 is 11.3 Å². The van der Waals surface area contributed by atoms with Crippen molar-refractivity contribution in [1.29, 1.82) is 0 Å². The largest absolute Gasteiger partial charge is 0.328 e. The molecule has 0 radical (unpaired) electrons. The van der Waals surface area contributed by atoms with Gasteiger partial charge < -0.3 is 5.73 Å². The zero-order valence-corrected chi connectivity index (χ0v) is 13.4. The first-order valence-electron chi connectivity index (χ1n) is 7.68. The maximum Gasteiger partial charge on any atom is 0.0418 e. The molecular weight excluding hydrogens is 252 g/mol. The molecule has 2 N–H and O–H groups in total. The van der Waals surface area contributed by atoms with Crippen LogP contribution in [-0.4, -0.2) is 23.5 Å². The van der Waals surface area contributed by atoms with Crippen molar-refractivity contribution in [3.8, 4) is 0 Å². The van der Waals surface area contributed by atoms with E-state index in [-0.39, 0.29) is 0 Å². The second-order valence-corrected chi connectivity index (χ2v) is 6.90. The van der Waals surface area contributed by atoms with Gasteiger partial charge in [0.25, 0.3) is 0 Å². The Morgan fingerprint density at radius 3 is 2.58 bits per heavy atom. The van der Waals surface area contributed by atoms with Crippen LogP contribution < -0.4 is 5.73 Å². The topological polar surface area (TPSA) is 29.3 Å². The molecule has 3 heteroatoms. The summed E-state index contributed by atoms with van der Waals surface area (Å²) < 4.78 is 0. The van der Waals surface area contributed by atoms with Gasteiger partial charge in [-0.05, 0) is 69.5 Å². The second-order valence-electron chi connectivity index (χ2n) is 5.95. The van der Waals surface area contributed by atoms with E-state index in [1.807, 2.05) is 11.3 Å². The highest BCUT2D eigenvalue weighted by Gasteiger charge is 2.28. The molecule has 1 aromatic rings. The molecule has 2 nitrogen and oxygen atoms in total. The van der Waals surface area contributed by atoms with E-state index in [1.54, 1.807) is 4.88 Å². The van der Waals surface area contributed by atoms with Crippen LogP contribution in [0.3, 0.4) is 0 Å². The van der Waals surface area contributed by atoms with Crippen LogP contribution in [0.4, 0.5) is 0 Å². The summed E-state index contributed by atoms with van der Waals surface area (Å²) in [7, 11) is 0. The van der Waals surface area contributed by atoms with Crippen molar-refractivity contribution in [3.63, 3.8) is 0 Å².